The minimum Gasteiger partial charge on any atom is -0.315 e. The lowest BCUT2D eigenvalue weighted by atomic mass is 10.0. The van der Waals surface area contributed by atoms with E-state index in [0.29, 0.717) is 6.04 Å². The van der Waals surface area contributed by atoms with Crippen LogP contribution in [0.15, 0.2) is 40.2 Å². The number of hydrogen-bond donors (Lipinski definition) is 1. The second kappa shape index (κ2) is 7.25. The monoisotopic (exact) mass is 384 g/mol. The Kier molecular flexibility index (Phi) is 5.35. The number of hydrogen-bond acceptors (Lipinski definition) is 3. The first kappa shape index (κ1) is 15.5. The summed E-state index contributed by atoms with van der Waals surface area (Å²) in [5.74, 6) is 0. The number of thiophene rings is 1. The van der Waals surface area contributed by atoms with Crippen LogP contribution in [-0.4, -0.2) is 31.1 Å². The van der Waals surface area contributed by atoms with Gasteiger partial charge in [-0.15, -0.1) is 11.3 Å². The zero-order valence-corrected chi connectivity index (χ0v) is 14.8. The fourth-order valence-electron chi connectivity index (χ4n) is 2.80. The third kappa shape index (κ3) is 3.88. The van der Waals surface area contributed by atoms with Gasteiger partial charge in [-0.05, 0) is 58.7 Å². The molecule has 112 valence electrons. The van der Waals surface area contributed by atoms with Crippen LogP contribution < -0.4 is 5.32 Å². The van der Waals surface area contributed by atoms with Crippen molar-refractivity contribution in [3.05, 3.63) is 55.6 Å². The topological polar surface area (TPSA) is 15.3 Å². The summed E-state index contributed by atoms with van der Waals surface area (Å²) < 4.78 is 1.18. The highest BCUT2D eigenvalue weighted by atomic mass is 79.9. The standard InChI is InChI=1S/C16H18BrClN2S/c17-15-7-6-14(21-15)16(12-2-4-13(18)5-3-12)20-10-1-8-19-9-11-20/h2-7,16,19H,1,8-11H2. The van der Waals surface area contributed by atoms with E-state index in [1.165, 1.54) is 20.6 Å². The van der Waals surface area contributed by atoms with Gasteiger partial charge in [-0.2, -0.15) is 0 Å². The zero-order chi connectivity index (χ0) is 14.7. The predicted octanol–water partition coefficient (Wildman–Crippen LogP) is 4.55. The minimum absolute atomic E-state index is 0.318. The van der Waals surface area contributed by atoms with Crippen LogP contribution in [0.1, 0.15) is 22.9 Å². The Bertz CT molecular complexity index is 576. The maximum Gasteiger partial charge on any atom is 0.0702 e. The molecule has 21 heavy (non-hydrogen) atoms. The van der Waals surface area contributed by atoms with Gasteiger partial charge in [-0.3, -0.25) is 4.90 Å². The van der Waals surface area contributed by atoms with E-state index in [9.17, 15) is 0 Å². The average Bonchev–Trinajstić information content (AvgIpc) is 2.74. The first-order valence-corrected chi connectivity index (χ1v) is 9.18. The van der Waals surface area contributed by atoms with E-state index in [1.54, 1.807) is 0 Å². The highest BCUT2D eigenvalue weighted by Crippen LogP contribution is 2.36. The molecular formula is C16H18BrClN2S. The fraction of sp³-hybridized carbons (Fsp3) is 0.375. The first-order valence-electron chi connectivity index (χ1n) is 7.19. The van der Waals surface area contributed by atoms with Gasteiger partial charge in [0, 0.05) is 29.5 Å². The van der Waals surface area contributed by atoms with Crippen molar-refractivity contribution in [1.82, 2.24) is 10.2 Å². The Morgan fingerprint density at radius 3 is 2.62 bits per heavy atom. The molecule has 1 aliphatic rings. The van der Waals surface area contributed by atoms with Gasteiger partial charge < -0.3 is 5.32 Å². The molecule has 0 spiro atoms. The van der Waals surface area contributed by atoms with Crippen LogP contribution in [-0.2, 0) is 0 Å². The van der Waals surface area contributed by atoms with E-state index < -0.39 is 0 Å². The Balaban J connectivity index is 1.95. The van der Waals surface area contributed by atoms with Gasteiger partial charge in [-0.1, -0.05) is 23.7 Å². The van der Waals surface area contributed by atoms with Gasteiger partial charge in [0.05, 0.1) is 9.83 Å². The van der Waals surface area contributed by atoms with Gasteiger partial charge >= 0.3 is 0 Å². The molecule has 2 aromatic rings. The summed E-state index contributed by atoms with van der Waals surface area (Å²) in [6.45, 7) is 4.35. The van der Waals surface area contributed by atoms with Gasteiger partial charge in [0.15, 0.2) is 0 Å². The van der Waals surface area contributed by atoms with Crippen molar-refractivity contribution in [3.63, 3.8) is 0 Å². The summed E-state index contributed by atoms with van der Waals surface area (Å²) in [5, 5.41) is 4.27. The largest absolute Gasteiger partial charge is 0.315 e. The molecule has 1 aromatic heterocycles. The van der Waals surface area contributed by atoms with Crippen molar-refractivity contribution in [2.45, 2.75) is 12.5 Å². The van der Waals surface area contributed by atoms with Crippen molar-refractivity contribution < 1.29 is 0 Å². The minimum atomic E-state index is 0.318. The van der Waals surface area contributed by atoms with E-state index in [-0.39, 0.29) is 0 Å². The van der Waals surface area contributed by atoms with E-state index >= 15 is 0 Å². The summed E-state index contributed by atoms with van der Waals surface area (Å²) in [7, 11) is 0. The Hall–Kier alpha value is -0.390. The van der Waals surface area contributed by atoms with Crippen LogP contribution in [0.2, 0.25) is 5.02 Å². The molecule has 0 aliphatic carbocycles. The molecule has 1 N–H and O–H groups in total. The molecule has 0 saturated carbocycles. The molecule has 1 atom stereocenters. The summed E-state index contributed by atoms with van der Waals surface area (Å²) in [6, 6.07) is 13.0. The molecule has 1 saturated heterocycles. The number of nitrogens with zero attached hydrogens (tertiary/aromatic N) is 1. The number of nitrogens with one attached hydrogen (secondary N) is 1. The average molecular weight is 386 g/mol. The molecule has 5 heteroatoms. The molecule has 2 nitrogen and oxygen atoms in total. The molecule has 1 aromatic carbocycles. The summed E-state index contributed by atoms with van der Waals surface area (Å²) in [5.41, 5.74) is 1.32. The lowest BCUT2D eigenvalue weighted by molar-refractivity contribution is 0.244. The van der Waals surface area contributed by atoms with Crippen LogP contribution in [0, 0.1) is 0 Å². The Morgan fingerprint density at radius 1 is 1.10 bits per heavy atom. The maximum atomic E-state index is 6.05. The van der Waals surface area contributed by atoms with Gasteiger partial charge in [0.1, 0.15) is 0 Å². The van der Waals surface area contributed by atoms with Gasteiger partial charge in [0.25, 0.3) is 0 Å². The Labute approximate surface area is 143 Å². The predicted molar refractivity (Wildman–Crippen MR) is 94.4 cm³/mol. The molecule has 0 amide bonds. The van der Waals surface area contributed by atoms with Crippen LogP contribution in [0.4, 0.5) is 0 Å². The van der Waals surface area contributed by atoms with E-state index in [0.717, 1.165) is 31.2 Å². The van der Waals surface area contributed by atoms with Crippen LogP contribution in [0.25, 0.3) is 0 Å². The number of halogens is 2. The van der Waals surface area contributed by atoms with Crippen LogP contribution in [0.5, 0.6) is 0 Å². The molecule has 1 aliphatic heterocycles. The third-order valence-electron chi connectivity index (χ3n) is 3.79. The second-order valence-corrected chi connectivity index (χ2v) is 8.17. The number of benzene rings is 1. The van der Waals surface area contributed by atoms with Crippen molar-refractivity contribution >= 4 is 38.9 Å². The Morgan fingerprint density at radius 2 is 1.90 bits per heavy atom. The van der Waals surface area contributed by atoms with Crippen molar-refractivity contribution in [2.24, 2.45) is 0 Å². The van der Waals surface area contributed by atoms with E-state index in [2.05, 4.69) is 50.4 Å². The summed E-state index contributed by atoms with van der Waals surface area (Å²) >= 11 is 11.5. The van der Waals surface area contributed by atoms with Crippen molar-refractivity contribution in [1.29, 1.82) is 0 Å². The zero-order valence-electron chi connectivity index (χ0n) is 11.7. The third-order valence-corrected chi connectivity index (χ3v) is 5.72. The molecule has 1 fully saturated rings. The highest BCUT2D eigenvalue weighted by Gasteiger charge is 2.24. The molecular weight excluding hydrogens is 368 g/mol. The van der Waals surface area contributed by atoms with Gasteiger partial charge in [-0.25, -0.2) is 0 Å². The van der Waals surface area contributed by atoms with Crippen molar-refractivity contribution in [2.75, 3.05) is 26.2 Å². The van der Waals surface area contributed by atoms with Gasteiger partial charge in [0.2, 0.25) is 0 Å². The highest BCUT2D eigenvalue weighted by molar-refractivity contribution is 9.11. The second-order valence-electron chi connectivity index (χ2n) is 5.24. The molecule has 2 heterocycles. The quantitative estimate of drug-likeness (QED) is 0.834. The summed E-state index contributed by atoms with van der Waals surface area (Å²) in [6.07, 6.45) is 1.19. The lowest BCUT2D eigenvalue weighted by Crippen LogP contribution is -2.32. The molecule has 3 rings (SSSR count). The van der Waals surface area contributed by atoms with Crippen LogP contribution in [0.3, 0.4) is 0 Å². The van der Waals surface area contributed by atoms with Crippen molar-refractivity contribution in [3.8, 4) is 0 Å². The van der Waals surface area contributed by atoms with E-state index in [4.69, 9.17) is 11.6 Å². The SMILES string of the molecule is Clc1ccc(C(c2ccc(Br)s2)N2CCCNCC2)cc1. The van der Waals surface area contributed by atoms with E-state index in [1.807, 2.05) is 23.5 Å². The molecule has 0 bridgehead atoms. The van der Waals surface area contributed by atoms with Crippen LogP contribution >= 0.6 is 38.9 Å². The molecule has 0 radical (unpaired) electrons. The lowest BCUT2D eigenvalue weighted by Gasteiger charge is -2.30. The number of rotatable bonds is 3. The first-order chi connectivity index (χ1) is 10.2. The smallest absolute Gasteiger partial charge is 0.0702 e. The maximum absolute atomic E-state index is 6.05. The summed E-state index contributed by atoms with van der Waals surface area (Å²) in [4.78, 5) is 3.95. The normalized spacial score (nSPS) is 18.4. The molecule has 1 unspecified atom stereocenters. The fourth-order valence-corrected chi connectivity index (χ4v) is 4.51.